The fraction of sp³-hybridized carbons (Fsp3) is 0.667. The summed E-state index contributed by atoms with van der Waals surface area (Å²) < 4.78 is 0. The maximum atomic E-state index is 10.8. The maximum Gasteiger partial charge on any atom is 0.365 e. The highest BCUT2D eigenvalue weighted by atomic mass is 32.1. The largest absolute Gasteiger partial charge is 0.476 e. The quantitative estimate of drug-likeness (QED) is 0.778. The Hall–Kier alpha value is -0.980. The van der Waals surface area contributed by atoms with E-state index in [1.54, 1.807) is 0 Å². The summed E-state index contributed by atoms with van der Waals surface area (Å²) in [4.78, 5) is 19.3. The number of hydrogen-bond donors (Lipinski definition) is 1. The van der Waals surface area contributed by atoms with Crippen LogP contribution in [0.5, 0.6) is 0 Å². The summed E-state index contributed by atoms with van der Waals surface area (Å²) in [5.41, 5.74) is 0.851. The third-order valence-electron chi connectivity index (χ3n) is 2.52. The molecule has 6 heteroatoms. The van der Waals surface area contributed by atoms with Gasteiger partial charge in [-0.3, -0.25) is 4.90 Å². The van der Waals surface area contributed by atoms with E-state index in [1.807, 2.05) is 5.38 Å². The predicted octanol–water partition coefficient (Wildman–Crippen LogP) is 1.61. The molecule has 0 radical (unpaired) electrons. The van der Waals surface area contributed by atoms with Crippen molar-refractivity contribution in [1.82, 2.24) is 14.8 Å². The van der Waals surface area contributed by atoms with Crippen molar-refractivity contribution >= 4 is 17.3 Å². The van der Waals surface area contributed by atoms with Crippen molar-refractivity contribution in [2.45, 2.75) is 19.9 Å². The number of aromatic carboxylic acids is 1. The van der Waals surface area contributed by atoms with Crippen molar-refractivity contribution in [2.75, 3.05) is 33.7 Å². The SMILES string of the molecule is CCCN(CCN(C)C)Cc1csc(C(=O)O)n1. The van der Waals surface area contributed by atoms with Gasteiger partial charge < -0.3 is 10.0 Å². The molecule has 0 spiro atoms. The lowest BCUT2D eigenvalue weighted by Gasteiger charge is -2.22. The smallest absolute Gasteiger partial charge is 0.365 e. The molecule has 0 aliphatic carbocycles. The number of nitrogens with zero attached hydrogens (tertiary/aromatic N) is 3. The molecule has 1 heterocycles. The number of likely N-dealkylation sites (N-methyl/N-ethyl adjacent to an activating group) is 1. The number of aromatic nitrogens is 1. The first-order chi connectivity index (χ1) is 8.52. The second-order valence-corrected chi connectivity index (χ2v) is 5.39. The van der Waals surface area contributed by atoms with Crippen molar-refractivity contribution < 1.29 is 9.90 Å². The lowest BCUT2D eigenvalue weighted by Crippen LogP contribution is -2.32. The molecule has 1 N–H and O–H groups in total. The normalized spacial score (nSPS) is 11.4. The molecule has 0 aliphatic heterocycles. The van der Waals surface area contributed by atoms with Gasteiger partial charge in [-0.2, -0.15) is 0 Å². The summed E-state index contributed by atoms with van der Waals surface area (Å²) in [6, 6.07) is 0. The van der Waals surface area contributed by atoms with E-state index < -0.39 is 5.97 Å². The Morgan fingerprint density at radius 2 is 2.11 bits per heavy atom. The topological polar surface area (TPSA) is 56.7 Å². The van der Waals surface area contributed by atoms with Gasteiger partial charge in [0.05, 0.1) is 5.69 Å². The van der Waals surface area contributed by atoms with Crippen LogP contribution < -0.4 is 0 Å². The predicted molar refractivity (Wildman–Crippen MR) is 73.2 cm³/mol. The van der Waals surface area contributed by atoms with Gasteiger partial charge in [0.2, 0.25) is 5.01 Å². The van der Waals surface area contributed by atoms with E-state index >= 15 is 0 Å². The molecular weight excluding hydrogens is 250 g/mol. The molecule has 1 aromatic heterocycles. The third kappa shape index (κ3) is 5.12. The summed E-state index contributed by atoms with van der Waals surface area (Å²) in [5, 5.41) is 10.8. The molecule has 0 saturated heterocycles. The average molecular weight is 271 g/mol. The van der Waals surface area contributed by atoms with Gasteiger partial charge in [0, 0.05) is 25.0 Å². The molecule has 0 saturated carbocycles. The monoisotopic (exact) mass is 271 g/mol. The van der Waals surface area contributed by atoms with Crippen LogP contribution in [0.15, 0.2) is 5.38 Å². The second-order valence-electron chi connectivity index (χ2n) is 4.53. The van der Waals surface area contributed by atoms with Gasteiger partial charge in [-0.25, -0.2) is 9.78 Å². The Labute approximate surface area is 112 Å². The Bertz CT molecular complexity index is 379. The number of carbonyl (C=O) groups is 1. The number of carboxylic acids is 1. The van der Waals surface area contributed by atoms with Crippen LogP contribution in [0, 0.1) is 0 Å². The van der Waals surface area contributed by atoms with Crippen molar-refractivity contribution in [1.29, 1.82) is 0 Å². The highest BCUT2D eigenvalue weighted by molar-refractivity contribution is 7.11. The highest BCUT2D eigenvalue weighted by Gasteiger charge is 2.12. The number of thiazole rings is 1. The summed E-state index contributed by atoms with van der Waals surface area (Å²) in [6.07, 6.45) is 1.09. The van der Waals surface area contributed by atoms with E-state index in [0.29, 0.717) is 0 Å². The van der Waals surface area contributed by atoms with Crippen LogP contribution in [0.1, 0.15) is 28.8 Å². The van der Waals surface area contributed by atoms with Crippen LogP contribution in [0.4, 0.5) is 0 Å². The summed E-state index contributed by atoms with van der Waals surface area (Å²) in [5.74, 6) is -0.943. The van der Waals surface area contributed by atoms with E-state index in [4.69, 9.17) is 5.11 Å². The molecule has 5 nitrogen and oxygen atoms in total. The minimum atomic E-state index is -0.943. The molecular formula is C12H21N3O2S. The van der Waals surface area contributed by atoms with Crippen molar-refractivity contribution in [3.05, 3.63) is 16.1 Å². The van der Waals surface area contributed by atoms with Crippen molar-refractivity contribution in [3.63, 3.8) is 0 Å². The minimum absolute atomic E-state index is 0.175. The lowest BCUT2D eigenvalue weighted by atomic mass is 10.3. The van der Waals surface area contributed by atoms with Crippen LogP contribution >= 0.6 is 11.3 Å². The maximum absolute atomic E-state index is 10.8. The van der Waals surface area contributed by atoms with Gasteiger partial charge >= 0.3 is 5.97 Å². The first kappa shape index (κ1) is 15.1. The molecule has 1 rings (SSSR count). The van der Waals surface area contributed by atoms with E-state index in [1.165, 1.54) is 11.3 Å². The van der Waals surface area contributed by atoms with Gasteiger partial charge in [0.1, 0.15) is 0 Å². The highest BCUT2D eigenvalue weighted by Crippen LogP contribution is 2.12. The molecule has 0 fully saturated rings. The number of hydrogen-bond acceptors (Lipinski definition) is 5. The molecule has 0 amide bonds. The van der Waals surface area contributed by atoms with Crippen molar-refractivity contribution in [2.24, 2.45) is 0 Å². The number of carboxylic acid groups (broad SMARTS) is 1. The third-order valence-corrected chi connectivity index (χ3v) is 3.40. The van der Waals surface area contributed by atoms with Gasteiger partial charge in [-0.1, -0.05) is 6.92 Å². The van der Waals surface area contributed by atoms with E-state index in [-0.39, 0.29) is 5.01 Å². The van der Waals surface area contributed by atoms with Crippen LogP contribution in [-0.4, -0.2) is 59.6 Å². The zero-order valence-corrected chi connectivity index (χ0v) is 12.0. The molecule has 0 aliphatic rings. The van der Waals surface area contributed by atoms with Gasteiger partial charge in [0.25, 0.3) is 0 Å². The lowest BCUT2D eigenvalue weighted by molar-refractivity contribution is 0.0696. The Kier molecular flexibility index (Phi) is 6.24. The molecule has 18 heavy (non-hydrogen) atoms. The van der Waals surface area contributed by atoms with Crippen LogP contribution in [0.2, 0.25) is 0 Å². The molecule has 0 bridgehead atoms. The second kappa shape index (κ2) is 7.45. The summed E-state index contributed by atoms with van der Waals surface area (Å²) in [7, 11) is 4.10. The fourth-order valence-corrected chi connectivity index (χ4v) is 2.28. The van der Waals surface area contributed by atoms with Gasteiger partial charge in [0.15, 0.2) is 0 Å². The fourth-order valence-electron chi connectivity index (χ4n) is 1.63. The molecule has 0 unspecified atom stereocenters. The zero-order chi connectivity index (χ0) is 13.5. The Morgan fingerprint density at radius 3 is 2.61 bits per heavy atom. The van der Waals surface area contributed by atoms with Crippen LogP contribution in [-0.2, 0) is 6.54 Å². The Morgan fingerprint density at radius 1 is 1.39 bits per heavy atom. The first-order valence-electron chi connectivity index (χ1n) is 6.07. The standard InChI is InChI=1S/C12H21N3O2S/c1-4-5-15(7-6-14(2)3)8-10-9-18-11(13-10)12(16)17/h9H,4-8H2,1-3H3,(H,16,17). The van der Waals surface area contributed by atoms with E-state index in [9.17, 15) is 4.79 Å². The Balaban J connectivity index is 2.55. The molecule has 1 aromatic rings. The van der Waals surface area contributed by atoms with Crippen LogP contribution in [0.25, 0.3) is 0 Å². The molecule has 0 atom stereocenters. The van der Waals surface area contributed by atoms with Gasteiger partial charge in [-0.15, -0.1) is 11.3 Å². The van der Waals surface area contributed by atoms with Gasteiger partial charge in [-0.05, 0) is 27.1 Å². The minimum Gasteiger partial charge on any atom is -0.476 e. The summed E-state index contributed by atoms with van der Waals surface area (Å²) in [6.45, 7) is 5.85. The first-order valence-corrected chi connectivity index (χ1v) is 6.95. The van der Waals surface area contributed by atoms with E-state index in [0.717, 1.165) is 38.3 Å². The van der Waals surface area contributed by atoms with E-state index in [2.05, 4.69) is 35.8 Å². The number of rotatable bonds is 8. The summed E-state index contributed by atoms with van der Waals surface area (Å²) >= 11 is 1.19. The zero-order valence-electron chi connectivity index (χ0n) is 11.2. The molecule has 102 valence electrons. The van der Waals surface area contributed by atoms with Crippen molar-refractivity contribution in [3.8, 4) is 0 Å². The average Bonchev–Trinajstić information content (AvgIpc) is 2.75. The molecule has 0 aromatic carbocycles. The van der Waals surface area contributed by atoms with Crippen LogP contribution in [0.3, 0.4) is 0 Å².